The van der Waals surface area contributed by atoms with Crippen molar-refractivity contribution in [2.75, 3.05) is 34.3 Å². The topological polar surface area (TPSA) is 63.6 Å². The second-order valence-electron chi connectivity index (χ2n) is 7.62. The predicted octanol–water partition coefficient (Wildman–Crippen LogP) is -0.844. The van der Waals surface area contributed by atoms with Gasteiger partial charge in [0.05, 0.1) is 41.7 Å². The Labute approximate surface area is 168 Å². The standard InChI is InChI=1S/C20H24NO4S.ClH/c1-13-9-10-16(25-12-14(22)11-21(2,3)4)20-18(13)19(23)15-7-5-6-8-17(15)26(20)24;/h5-10,14,22H,11-12H2,1-4H3;1H/q+1;/p-1. The number of rotatable bonds is 5. The molecule has 0 radical (unpaired) electrons. The summed E-state index contributed by atoms with van der Waals surface area (Å²) in [6.45, 7) is 2.44. The van der Waals surface area contributed by atoms with E-state index in [9.17, 15) is 14.1 Å². The lowest BCUT2D eigenvalue weighted by atomic mass is 9.98. The first-order valence-electron chi connectivity index (χ1n) is 8.49. The Morgan fingerprint density at radius 3 is 2.48 bits per heavy atom. The van der Waals surface area contributed by atoms with Crippen molar-refractivity contribution < 1.29 is 35.7 Å². The average Bonchev–Trinajstić information content (AvgIpc) is 2.57. The molecule has 2 aromatic carbocycles. The van der Waals surface area contributed by atoms with Gasteiger partial charge in [-0.3, -0.25) is 4.79 Å². The molecule has 2 unspecified atom stereocenters. The molecule has 5 nitrogen and oxygen atoms in total. The lowest BCUT2D eigenvalue weighted by molar-refractivity contribution is -0.873. The number of ketones is 1. The third-order valence-electron chi connectivity index (χ3n) is 4.26. The first kappa shape index (κ1) is 21.6. The van der Waals surface area contributed by atoms with Crippen LogP contribution in [0.25, 0.3) is 0 Å². The highest BCUT2D eigenvalue weighted by molar-refractivity contribution is 7.85. The van der Waals surface area contributed by atoms with E-state index in [1.807, 2.05) is 28.1 Å². The van der Waals surface area contributed by atoms with Crippen LogP contribution in [0.5, 0.6) is 5.75 Å². The molecule has 0 bridgehead atoms. The zero-order valence-corrected chi connectivity index (χ0v) is 17.4. The van der Waals surface area contributed by atoms with Gasteiger partial charge in [0.2, 0.25) is 0 Å². The summed E-state index contributed by atoms with van der Waals surface area (Å²) in [6.07, 6.45) is -0.660. The molecule has 0 amide bonds. The fourth-order valence-corrected chi connectivity index (χ4v) is 4.70. The first-order valence-corrected chi connectivity index (χ1v) is 9.64. The van der Waals surface area contributed by atoms with Crippen LogP contribution in [0.15, 0.2) is 46.2 Å². The molecule has 1 aliphatic rings. The molecule has 0 aromatic heterocycles. The maximum Gasteiger partial charge on any atom is 0.195 e. The molecule has 27 heavy (non-hydrogen) atoms. The quantitative estimate of drug-likeness (QED) is 0.558. The molecule has 1 heterocycles. The smallest absolute Gasteiger partial charge is 0.195 e. The van der Waals surface area contributed by atoms with E-state index in [2.05, 4.69) is 0 Å². The van der Waals surface area contributed by atoms with Gasteiger partial charge in [-0.15, -0.1) is 0 Å². The molecule has 0 spiro atoms. The molecule has 1 N–H and O–H groups in total. The highest BCUT2D eigenvalue weighted by Crippen LogP contribution is 2.38. The van der Waals surface area contributed by atoms with Crippen molar-refractivity contribution in [1.29, 1.82) is 0 Å². The number of aryl methyl sites for hydroxylation is 1. The van der Waals surface area contributed by atoms with Crippen molar-refractivity contribution in [3.05, 3.63) is 53.1 Å². The molecule has 0 fully saturated rings. The minimum absolute atomic E-state index is 0. The van der Waals surface area contributed by atoms with Crippen LogP contribution in [0.3, 0.4) is 0 Å². The van der Waals surface area contributed by atoms with Crippen LogP contribution in [0, 0.1) is 6.92 Å². The molecule has 2 atom stereocenters. The summed E-state index contributed by atoms with van der Waals surface area (Å²) >= 11 is 0. The average molecular weight is 410 g/mol. The number of fused-ring (bicyclic) bond motifs is 2. The highest BCUT2D eigenvalue weighted by atomic mass is 35.5. The van der Waals surface area contributed by atoms with E-state index >= 15 is 0 Å². The lowest BCUT2D eigenvalue weighted by Gasteiger charge is -2.27. The van der Waals surface area contributed by atoms with Crippen molar-refractivity contribution in [3.63, 3.8) is 0 Å². The number of halogens is 1. The maximum atomic E-state index is 13.1. The normalized spacial score (nSPS) is 16.8. The monoisotopic (exact) mass is 409 g/mol. The van der Waals surface area contributed by atoms with Gasteiger partial charge in [-0.05, 0) is 30.7 Å². The van der Waals surface area contributed by atoms with Crippen LogP contribution in [-0.2, 0) is 10.8 Å². The Morgan fingerprint density at radius 2 is 1.81 bits per heavy atom. The van der Waals surface area contributed by atoms with Crippen LogP contribution in [0.4, 0.5) is 0 Å². The second kappa shape index (κ2) is 8.10. The molecular formula is C20H24ClNO4S. The predicted molar refractivity (Wildman–Crippen MR) is 100 cm³/mol. The van der Waals surface area contributed by atoms with Crippen LogP contribution >= 0.6 is 0 Å². The Balaban J connectivity index is 0.00000261. The van der Waals surface area contributed by atoms with E-state index in [0.29, 0.717) is 37.7 Å². The van der Waals surface area contributed by atoms with Gasteiger partial charge in [0, 0.05) is 11.1 Å². The van der Waals surface area contributed by atoms with Crippen molar-refractivity contribution in [2.24, 2.45) is 0 Å². The number of hydrogen-bond donors (Lipinski definition) is 1. The maximum absolute atomic E-state index is 13.1. The molecule has 1 aliphatic heterocycles. The largest absolute Gasteiger partial charge is 1.00 e. The SMILES string of the molecule is Cc1ccc(OCC(O)C[N+](C)(C)C)c2c1C(=O)c1ccccc1S2=O.[Cl-]. The minimum atomic E-state index is -1.50. The van der Waals surface area contributed by atoms with Crippen molar-refractivity contribution in [3.8, 4) is 5.75 Å². The summed E-state index contributed by atoms with van der Waals surface area (Å²) in [5.74, 6) is 0.261. The molecule has 3 rings (SSSR count). The second-order valence-corrected chi connectivity index (χ2v) is 9.00. The third kappa shape index (κ3) is 4.41. The van der Waals surface area contributed by atoms with E-state index in [-0.39, 0.29) is 24.8 Å². The van der Waals surface area contributed by atoms with E-state index in [0.717, 1.165) is 5.56 Å². The Bertz CT molecular complexity index is 892. The van der Waals surface area contributed by atoms with Gasteiger partial charge in [-0.25, -0.2) is 4.21 Å². The van der Waals surface area contributed by atoms with Crippen LogP contribution in [0.1, 0.15) is 21.5 Å². The number of carbonyl (C=O) groups excluding carboxylic acids is 1. The number of aliphatic hydroxyl groups excluding tert-OH is 1. The third-order valence-corrected chi connectivity index (χ3v) is 5.80. The molecule has 0 saturated carbocycles. The molecule has 146 valence electrons. The number of hydrogen-bond acceptors (Lipinski definition) is 4. The summed E-state index contributed by atoms with van der Waals surface area (Å²) in [6, 6.07) is 10.5. The molecular weight excluding hydrogens is 386 g/mol. The van der Waals surface area contributed by atoms with Gasteiger partial charge in [-0.2, -0.15) is 0 Å². The van der Waals surface area contributed by atoms with Gasteiger partial charge >= 0.3 is 0 Å². The fraction of sp³-hybridized carbons (Fsp3) is 0.350. The number of benzene rings is 2. The number of quaternary nitrogens is 1. The Kier molecular flexibility index (Phi) is 6.47. The first-order chi connectivity index (χ1) is 12.2. The summed E-state index contributed by atoms with van der Waals surface area (Å²) in [7, 11) is 4.47. The molecule has 7 heteroatoms. The van der Waals surface area contributed by atoms with Crippen molar-refractivity contribution >= 4 is 16.6 Å². The van der Waals surface area contributed by atoms with Crippen LogP contribution in [0.2, 0.25) is 0 Å². The van der Waals surface area contributed by atoms with E-state index < -0.39 is 16.9 Å². The van der Waals surface area contributed by atoms with E-state index in [4.69, 9.17) is 4.74 Å². The van der Waals surface area contributed by atoms with Crippen LogP contribution < -0.4 is 17.1 Å². The van der Waals surface area contributed by atoms with E-state index in [1.54, 1.807) is 36.4 Å². The summed E-state index contributed by atoms with van der Waals surface area (Å²) < 4.78 is 19.5. The number of carbonyl (C=O) groups is 1. The molecule has 0 aliphatic carbocycles. The Hall–Kier alpha value is -1.73. The van der Waals surface area contributed by atoms with Gasteiger partial charge in [0.25, 0.3) is 0 Å². The summed E-state index contributed by atoms with van der Waals surface area (Å²) in [4.78, 5) is 13.8. The summed E-state index contributed by atoms with van der Waals surface area (Å²) in [5, 5.41) is 10.2. The lowest BCUT2D eigenvalue weighted by Crippen LogP contribution is -3.00. The highest BCUT2D eigenvalue weighted by Gasteiger charge is 2.33. The van der Waals surface area contributed by atoms with Crippen molar-refractivity contribution in [2.45, 2.75) is 22.8 Å². The zero-order chi connectivity index (χ0) is 19.1. The minimum Gasteiger partial charge on any atom is -1.00 e. The molecule has 2 aromatic rings. The Morgan fingerprint density at radius 1 is 1.15 bits per heavy atom. The zero-order valence-electron chi connectivity index (χ0n) is 15.9. The van der Waals surface area contributed by atoms with Gasteiger partial charge in [0.15, 0.2) is 5.78 Å². The van der Waals surface area contributed by atoms with E-state index in [1.165, 1.54) is 0 Å². The number of nitrogens with zero attached hydrogens (tertiary/aromatic N) is 1. The summed E-state index contributed by atoms with van der Waals surface area (Å²) in [5.41, 5.74) is 1.69. The van der Waals surface area contributed by atoms with Gasteiger partial charge < -0.3 is 26.7 Å². The van der Waals surface area contributed by atoms with Crippen molar-refractivity contribution in [1.82, 2.24) is 0 Å². The van der Waals surface area contributed by atoms with Crippen LogP contribution in [-0.4, -0.2) is 60.0 Å². The van der Waals surface area contributed by atoms with Gasteiger partial charge in [0.1, 0.15) is 25.0 Å². The number of aliphatic hydroxyl groups is 1. The molecule has 0 saturated heterocycles. The van der Waals surface area contributed by atoms with Gasteiger partial charge in [-0.1, -0.05) is 18.2 Å². The number of ether oxygens (including phenoxy) is 1. The fourth-order valence-electron chi connectivity index (χ4n) is 3.17. The number of likely N-dealkylation sites (N-methyl/N-ethyl adjacent to an activating group) is 1.